The van der Waals surface area contributed by atoms with E-state index in [4.69, 9.17) is 9.47 Å². The Hall–Kier alpha value is -1.26. The van der Waals surface area contributed by atoms with Gasteiger partial charge in [-0.3, -0.25) is 0 Å². The average Bonchev–Trinajstić information content (AvgIpc) is 2.52. The molecule has 0 rings (SSSR count). The van der Waals surface area contributed by atoms with E-state index >= 15 is 0 Å². The molecular weight excluding hydrogens is 306 g/mol. The third kappa shape index (κ3) is 13.2. The predicted octanol–water partition coefficient (Wildman–Crippen LogP) is 4.69. The minimum absolute atomic E-state index is 0.265. The number of hydrogen-bond acceptors (Lipinski definition) is 4. The molecule has 0 spiro atoms. The number of alkyl carbamates (subject to hydrolysis) is 1. The summed E-state index contributed by atoms with van der Waals surface area (Å²) in [6, 6.07) is -0.611. The molecule has 142 valence electrons. The smallest absolute Gasteiger partial charge is 0.407 e. The molecule has 5 nitrogen and oxygen atoms in total. The van der Waals surface area contributed by atoms with Gasteiger partial charge >= 0.3 is 12.1 Å². The van der Waals surface area contributed by atoms with Crippen LogP contribution in [0.2, 0.25) is 0 Å². The molecule has 0 radical (unpaired) electrons. The van der Waals surface area contributed by atoms with Crippen molar-refractivity contribution >= 4 is 12.1 Å². The van der Waals surface area contributed by atoms with Crippen molar-refractivity contribution in [1.29, 1.82) is 0 Å². The van der Waals surface area contributed by atoms with Crippen molar-refractivity contribution in [1.82, 2.24) is 5.32 Å². The molecule has 0 aromatic carbocycles. The van der Waals surface area contributed by atoms with Crippen molar-refractivity contribution in [3.63, 3.8) is 0 Å². The molecule has 24 heavy (non-hydrogen) atoms. The zero-order valence-electron chi connectivity index (χ0n) is 16.2. The molecular formula is C19H37NO4. The van der Waals surface area contributed by atoms with Gasteiger partial charge in [0.15, 0.2) is 0 Å². The molecule has 0 fully saturated rings. The number of nitrogens with one attached hydrogen (secondary N) is 1. The van der Waals surface area contributed by atoms with Gasteiger partial charge in [0.05, 0.1) is 13.2 Å². The van der Waals surface area contributed by atoms with E-state index in [1.54, 1.807) is 0 Å². The first-order valence-corrected chi connectivity index (χ1v) is 9.46. The second-order valence-corrected chi connectivity index (χ2v) is 7.24. The molecule has 1 N–H and O–H groups in total. The maximum absolute atomic E-state index is 12.2. The third-order valence-corrected chi connectivity index (χ3v) is 3.64. The van der Waals surface area contributed by atoms with Gasteiger partial charge in [0, 0.05) is 0 Å². The van der Waals surface area contributed by atoms with Crippen LogP contribution in [0.5, 0.6) is 0 Å². The summed E-state index contributed by atoms with van der Waals surface area (Å²) < 4.78 is 10.4. The van der Waals surface area contributed by atoms with Crippen LogP contribution in [0, 0.1) is 11.8 Å². The van der Waals surface area contributed by atoms with E-state index < -0.39 is 12.1 Å². The Labute approximate surface area is 147 Å². The van der Waals surface area contributed by atoms with Crippen LogP contribution in [0.25, 0.3) is 0 Å². The highest BCUT2D eigenvalue weighted by molar-refractivity contribution is 5.81. The summed E-state index contributed by atoms with van der Waals surface area (Å²) in [5.41, 5.74) is 0. The van der Waals surface area contributed by atoms with E-state index in [0.29, 0.717) is 25.6 Å². The summed E-state index contributed by atoms with van der Waals surface area (Å²) in [5.74, 6) is 0.510. The molecule has 0 saturated heterocycles. The molecule has 0 saturated carbocycles. The number of ether oxygens (including phenoxy) is 2. The van der Waals surface area contributed by atoms with Gasteiger partial charge in [-0.05, 0) is 31.1 Å². The lowest BCUT2D eigenvalue weighted by Crippen LogP contribution is -2.42. The number of carbonyl (C=O) groups excluding carboxylic acids is 2. The number of carbonyl (C=O) groups is 2. The lowest BCUT2D eigenvalue weighted by atomic mass is 10.1. The van der Waals surface area contributed by atoms with E-state index in [9.17, 15) is 9.59 Å². The van der Waals surface area contributed by atoms with Crippen molar-refractivity contribution in [3.8, 4) is 0 Å². The van der Waals surface area contributed by atoms with Crippen molar-refractivity contribution < 1.29 is 19.1 Å². The Morgan fingerprint density at radius 2 is 1.58 bits per heavy atom. The quantitative estimate of drug-likeness (QED) is 0.389. The molecule has 0 aromatic heterocycles. The third-order valence-electron chi connectivity index (χ3n) is 3.64. The Balaban J connectivity index is 4.33. The van der Waals surface area contributed by atoms with E-state index in [1.807, 2.05) is 13.8 Å². The summed E-state index contributed by atoms with van der Waals surface area (Å²) in [4.78, 5) is 24.1. The molecule has 5 heteroatoms. The van der Waals surface area contributed by atoms with Crippen LogP contribution in [0.15, 0.2) is 0 Å². The minimum Gasteiger partial charge on any atom is -0.464 e. The zero-order valence-corrected chi connectivity index (χ0v) is 16.2. The van der Waals surface area contributed by atoms with Gasteiger partial charge in [0.2, 0.25) is 0 Å². The number of hydrogen-bond donors (Lipinski definition) is 1. The summed E-state index contributed by atoms with van der Waals surface area (Å²) >= 11 is 0. The Morgan fingerprint density at radius 1 is 0.875 bits per heavy atom. The fourth-order valence-corrected chi connectivity index (χ4v) is 2.22. The standard InChI is InChI=1S/C19H37NO4/c1-6-7-8-9-12-17(20-19(22)24-14-16(4)5)18(21)23-13-10-11-15(2)3/h15-17H,6-14H2,1-5H3,(H,20,22). The molecule has 0 bridgehead atoms. The molecule has 0 aliphatic heterocycles. The van der Waals surface area contributed by atoms with Gasteiger partial charge in [0.25, 0.3) is 0 Å². The maximum atomic E-state index is 12.2. The molecule has 1 atom stereocenters. The van der Waals surface area contributed by atoms with Crippen LogP contribution in [-0.2, 0) is 14.3 Å². The first kappa shape index (κ1) is 22.7. The van der Waals surface area contributed by atoms with E-state index in [1.165, 1.54) is 0 Å². The van der Waals surface area contributed by atoms with Gasteiger partial charge in [0.1, 0.15) is 6.04 Å². The normalized spacial score (nSPS) is 12.3. The van der Waals surface area contributed by atoms with Crippen molar-refractivity contribution in [3.05, 3.63) is 0 Å². The number of amides is 1. The molecule has 0 aliphatic carbocycles. The van der Waals surface area contributed by atoms with Gasteiger partial charge in [-0.15, -0.1) is 0 Å². The largest absolute Gasteiger partial charge is 0.464 e. The Kier molecular flexibility index (Phi) is 13.4. The van der Waals surface area contributed by atoms with Crippen LogP contribution >= 0.6 is 0 Å². The number of esters is 1. The van der Waals surface area contributed by atoms with Gasteiger partial charge in [-0.25, -0.2) is 9.59 Å². The SMILES string of the molecule is CCCCCCC(NC(=O)OCC(C)C)C(=O)OCCCC(C)C. The van der Waals surface area contributed by atoms with Crippen LogP contribution in [0.4, 0.5) is 4.79 Å². The second-order valence-electron chi connectivity index (χ2n) is 7.24. The highest BCUT2D eigenvalue weighted by Gasteiger charge is 2.22. The fraction of sp³-hybridized carbons (Fsp3) is 0.895. The van der Waals surface area contributed by atoms with Crippen LogP contribution in [0.3, 0.4) is 0 Å². The predicted molar refractivity (Wildman–Crippen MR) is 96.9 cm³/mol. The monoisotopic (exact) mass is 343 g/mol. The molecule has 0 aromatic rings. The first-order chi connectivity index (χ1) is 11.4. The topological polar surface area (TPSA) is 64.6 Å². The second kappa shape index (κ2) is 14.1. The van der Waals surface area contributed by atoms with Crippen molar-refractivity contribution in [2.45, 2.75) is 85.6 Å². The van der Waals surface area contributed by atoms with E-state index in [2.05, 4.69) is 26.1 Å². The Morgan fingerprint density at radius 3 is 2.17 bits per heavy atom. The fourth-order valence-electron chi connectivity index (χ4n) is 2.22. The van der Waals surface area contributed by atoms with Crippen molar-refractivity contribution in [2.75, 3.05) is 13.2 Å². The van der Waals surface area contributed by atoms with E-state index in [0.717, 1.165) is 38.5 Å². The van der Waals surface area contributed by atoms with Gasteiger partial charge < -0.3 is 14.8 Å². The highest BCUT2D eigenvalue weighted by atomic mass is 16.6. The lowest BCUT2D eigenvalue weighted by Gasteiger charge is -2.18. The summed E-state index contributed by atoms with van der Waals surface area (Å²) in [6.07, 6.45) is 6.15. The van der Waals surface area contributed by atoms with Gasteiger partial charge in [-0.2, -0.15) is 0 Å². The molecule has 0 aliphatic rings. The first-order valence-electron chi connectivity index (χ1n) is 9.46. The van der Waals surface area contributed by atoms with Gasteiger partial charge in [-0.1, -0.05) is 60.3 Å². The maximum Gasteiger partial charge on any atom is 0.407 e. The molecule has 1 unspecified atom stereocenters. The number of rotatable bonds is 13. The lowest BCUT2D eigenvalue weighted by molar-refractivity contribution is -0.146. The molecule has 0 heterocycles. The zero-order chi connectivity index (χ0) is 18.4. The summed E-state index contributed by atoms with van der Waals surface area (Å²) in [5, 5.41) is 2.66. The van der Waals surface area contributed by atoms with E-state index in [-0.39, 0.29) is 11.9 Å². The summed E-state index contributed by atoms with van der Waals surface area (Å²) in [7, 11) is 0. The molecule has 1 amide bonds. The van der Waals surface area contributed by atoms with Crippen LogP contribution < -0.4 is 5.32 Å². The summed E-state index contributed by atoms with van der Waals surface area (Å²) in [6.45, 7) is 11.1. The number of unbranched alkanes of at least 4 members (excludes halogenated alkanes) is 3. The highest BCUT2D eigenvalue weighted by Crippen LogP contribution is 2.09. The minimum atomic E-state index is -0.611. The Bertz CT molecular complexity index is 342. The average molecular weight is 344 g/mol. The van der Waals surface area contributed by atoms with Crippen LogP contribution in [-0.4, -0.2) is 31.3 Å². The van der Waals surface area contributed by atoms with Crippen molar-refractivity contribution in [2.24, 2.45) is 11.8 Å². The van der Waals surface area contributed by atoms with Crippen LogP contribution in [0.1, 0.15) is 79.6 Å².